The molecule has 1 aromatic carbocycles. The van der Waals surface area contributed by atoms with Gasteiger partial charge in [0.2, 0.25) is 0 Å². The summed E-state index contributed by atoms with van der Waals surface area (Å²) < 4.78 is 4.74. The molecular weight excluding hydrogens is 256 g/mol. The van der Waals surface area contributed by atoms with Crippen molar-refractivity contribution in [3.63, 3.8) is 0 Å². The summed E-state index contributed by atoms with van der Waals surface area (Å²) in [5.41, 5.74) is 1.06. The van der Waals surface area contributed by atoms with Crippen LogP contribution in [0.5, 0.6) is 0 Å². The molecule has 4 heteroatoms. The third-order valence-electron chi connectivity index (χ3n) is 2.77. The van der Waals surface area contributed by atoms with Gasteiger partial charge in [0, 0.05) is 6.42 Å². The Morgan fingerprint density at radius 3 is 2.60 bits per heavy atom. The van der Waals surface area contributed by atoms with E-state index in [1.54, 1.807) is 6.92 Å². The molecule has 0 aromatic heterocycles. The van der Waals surface area contributed by atoms with Gasteiger partial charge in [0.15, 0.2) is 0 Å². The number of aliphatic hydroxyl groups is 2. The highest BCUT2D eigenvalue weighted by Gasteiger charge is 2.15. The molecule has 0 amide bonds. The van der Waals surface area contributed by atoms with E-state index in [0.29, 0.717) is 13.0 Å². The number of benzene rings is 1. The highest BCUT2D eigenvalue weighted by atomic mass is 16.5. The third kappa shape index (κ3) is 7.07. The number of carbonyl (C=O) groups excluding carboxylic acids is 1. The molecule has 0 aliphatic heterocycles. The van der Waals surface area contributed by atoms with Gasteiger partial charge in [-0.3, -0.25) is 4.79 Å². The second-order valence-electron chi connectivity index (χ2n) is 4.60. The second kappa shape index (κ2) is 9.28. The Morgan fingerprint density at radius 1 is 1.25 bits per heavy atom. The van der Waals surface area contributed by atoms with Crippen molar-refractivity contribution in [3.8, 4) is 0 Å². The monoisotopic (exact) mass is 278 g/mol. The fourth-order valence-corrected chi connectivity index (χ4v) is 1.83. The molecule has 110 valence electrons. The Bertz CT molecular complexity index is 414. The number of esters is 1. The van der Waals surface area contributed by atoms with Gasteiger partial charge in [-0.1, -0.05) is 42.5 Å². The van der Waals surface area contributed by atoms with Crippen molar-refractivity contribution in [3.05, 3.63) is 42.0 Å². The highest BCUT2D eigenvalue weighted by Crippen LogP contribution is 2.09. The summed E-state index contributed by atoms with van der Waals surface area (Å²) in [4.78, 5) is 11.2. The van der Waals surface area contributed by atoms with Crippen LogP contribution in [-0.2, 0) is 9.53 Å². The van der Waals surface area contributed by atoms with Gasteiger partial charge in [-0.05, 0) is 18.9 Å². The Balaban J connectivity index is 2.27. The fraction of sp³-hybridized carbons (Fsp3) is 0.438. The normalized spacial score (nSPS) is 14.2. The molecule has 1 aromatic rings. The minimum Gasteiger partial charge on any atom is -0.466 e. The van der Waals surface area contributed by atoms with Crippen LogP contribution >= 0.6 is 0 Å². The van der Waals surface area contributed by atoms with Gasteiger partial charge in [-0.15, -0.1) is 0 Å². The predicted octanol–water partition coefficient (Wildman–Crippen LogP) is 2.15. The predicted molar refractivity (Wildman–Crippen MR) is 78.0 cm³/mol. The van der Waals surface area contributed by atoms with E-state index < -0.39 is 18.2 Å². The van der Waals surface area contributed by atoms with Crippen molar-refractivity contribution < 1.29 is 19.7 Å². The third-order valence-corrected chi connectivity index (χ3v) is 2.77. The summed E-state index contributed by atoms with van der Waals surface area (Å²) in [5.74, 6) is -0.438. The van der Waals surface area contributed by atoms with Crippen LogP contribution in [-0.4, -0.2) is 35.0 Å². The zero-order valence-electron chi connectivity index (χ0n) is 11.7. The van der Waals surface area contributed by atoms with Crippen LogP contribution in [0.2, 0.25) is 0 Å². The van der Waals surface area contributed by atoms with Crippen molar-refractivity contribution in [2.75, 3.05) is 6.61 Å². The lowest BCUT2D eigenvalue weighted by molar-refractivity contribution is -0.145. The molecule has 0 aliphatic rings. The average Bonchev–Trinajstić information content (AvgIpc) is 2.39. The zero-order chi connectivity index (χ0) is 14.8. The van der Waals surface area contributed by atoms with E-state index in [9.17, 15) is 15.0 Å². The number of carbonyl (C=O) groups is 1. The molecule has 0 radical (unpaired) electrons. The van der Waals surface area contributed by atoms with Gasteiger partial charge in [0.25, 0.3) is 0 Å². The molecule has 0 aliphatic carbocycles. The largest absolute Gasteiger partial charge is 0.466 e. The number of hydrogen-bond donors (Lipinski definition) is 2. The van der Waals surface area contributed by atoms with E-state index in [-0.39, 0.29) is 12.8 Å². The maximum atomic E-state index is 11.2. The van der Waals surface area contributed by atoms with Gasteiger partial charge in [0.1, 0.15) is 0 Å². The van der Waals surface area contributed by atoms with Gasteiger partial charge >= 0.3 is 5.97 Å². The van der Waals surface area contributed by atoms with Gasteiger partial charge in [-0.25, -0.2) is 0 Å². The smallest absolute Gasteiger partial charge is 0.308 e. The molecule has 20 heavy (non-hydrogen) atoms. The summed E-state index contributed by atoms with van der Waals surface area (Å²) in [6.45, 7) is 2.02. The summed E-state index contributed by atoms with van der Waals surface area (Å²) in [7, 11) is 0. The summed E-state index contributed by atoms with van der Waals surface area (Å²) in [5, 5.41) is 19.4. The van der Waals surface area contributed by atoms with Crippen LogP contribution in [0.4, 0.5) is 0 Å². The van der Waals surface area contributed by atoms with Crippen molar-refractivity contribution in [2.24, 2.45) is 0 Å². The lowest BCUT2D eigenvalue weighted by Crippen LogP contribution is -2.21. The van der Waals surface area contributed by atoms with Crippen LogP contribution in [0.15, 0.2) is 36.4 Å². The molecule has 2 unspecified atom stereocenters. The minimum atomic E-state index is -0.867. The average molecular weight is 278 g/mol. The number of aliphatic hydroxyl groups excluding tert-OH is 2. The highest BCUT2D eigenvalue weighted by molar-refractivity contribution is 5.69. The number of ether oxygens (including phenoxy) is 1. The lowest BCUT2D eigenvalue weighted by Gasteiger charge is -2.13. The van der Waals surface area contributed by atoms with E-state index in [2.05, 4.69) is 0 Å². The Hall–Kier alpha value is -1.65. The SMILES string of the molecule is CCOC(=O)CC(O)CC(O)CC=Cc1ccccc1. The molecule has 0 saturated heterocycles. The molecule has 0 fully saturated rings. The first-order valence-corrected chi connectivity index (χ1v) is 6.85. The summed E-state index contributed by atoms with van der Waals surface area (Å²) in [6.07, 6.45) is 2.77. The summed E-state index contributed by atoms with van der Waals surface area (Å²) >= 11 is 0. The van der Waals surface area contributed by atoms with E-state index in [0.717, 1.165) is 5.56 Å². The van der Waals surface area contributed by atoms with Crippen LogP contribution in [0.25, 0.3) is 6.08 Å². The van der Waals surface area contributed by atoms with Crippen LogP contribution in [0, 0.1) is 0 Å². The molecule has 2 atom stereocenters. The Labute approximate surface area is 119 Å². The molecule has 0 saturated carbocycles. The van der Waals surface area contributed by atoms with E-state index in [1.165, 1.54) is 0 Å². The topological polar surface area (TPSA) is 66.8 Å². The molecule has 1 rings (SSSR count). The van der Waals surface area contributed by atoms with E-state index in [4.69, 9.17) is 4.74 Å². The standard InChI is InChI=1S/C16H22O4/c1-2-20-16(19)12-15(18)11-14(17)10-6-9-13-7-4-3-5-8-13/h3-9,14-15,17-18H,2,10-12H2,1H3. The lowest BCUT2D eigenvalue weighted by atomic mass is 10.1. The van der Waals surface area contributed by atoms with Crippen molar-refractivity contribution in [2.45, 2.75) is 38.4 Å². The maximum Gasteiger partial charge on any atom is 0.308 e. The Morgan fingerprint density at radius 2 is 1.95 bits per heavy atom. The van der Waals surface area contributed by atoms with Crippen LogP contribution in [0.3, 0.4) is 0 Å². The fourth-order valence-electron chi connectivity index (χ4n) is 1.83. The number of hydrogen-bond acceptors (Lipinski definition) is 4. The molecule has 0 heterocycles. The van der Waals surface area contributed by atoms with E-state index >= 15 is 0 Å². The van der Waals surface area contributed by atoms with Gasteiger partial charge < -0.3 is 14.9 Å². The Kier molecular flexibility index (Phi) is 7.62. The van der Waals surface area contributed by atoms with Crippen molar-refractivity contribution in [1.29, 1.82) is 0 Å². The van der Waals surface area contributed by atoms with Crippen LogP contribution in [0.1, 0.15) is 31.7 Å². The zero-order valence-corrected chi connectivity index (χ0v) is 11.7. The second-order valence-corrected chi connectivity index (χ2v) is 4.60. The van der Waals surface area contributed by atoms with Crippen LogP contribution < -0.4 is 0 Å². The molecule has 2 N–H and O–H groups in total. The maximum absolute atomic E-state index is 11.2. The van der Waals surface area contributed by atoms with Crippen molar-refractivity contribution >= 4 is 12.0 Å². The molecular formula is C16H22O4. The van der Waals surface area contributed by atoms with Gasteiger partial charge in [0.05, 0.1) is 25.2 Å². The molecule has 0 spiro atoms. The number of rotatable bonds is 8. The first-order valence-electron chi connectivity index (χ1n) is 6.85. The first-order chi connectivity index (χ1) is 9.61. The molecule has 0 bridgehead atoms. The van der Waals surface area contributed by atoms with E-state index in [1.807, 2.05) is 42.5 Å². The molecule has 4 nitrogen and oxygen atoms in total. The summed E-state index contributed by atoms with van der Waals surface area (Å²) in [6, 6.07) is 9.77. The van der Waals surface area contributed by atoms with Gasteiger partial charge in [-0.2, -0.15) is 0 Å². The quantitative estimate of drug-likeness (QED) is 0.715. The van der Waals surface area contributed by atoms with Crippen molar-refractivity contribution in [1.82, 2.24) is 0 Å². The minimum absolute atomic E-state index is 0.0761. The first kappa shape index (κ1) is 16.4.